The minimum absolute atomic E-state index is 0.0577. The van der Waals surface area contributed by atoms with Crippen LogP contribution in [0.4, 0.5) is 16.2 Å². The van der Waals surface area contributed by atoms with Gasteiger partial charge in [-0.05, 0) is 38.1 Å². The lowest BCUT2D eigenvalue weighted by atomic mass is 10.2. The highest BCUT2D eigenvalue weighted by Gasteiger charge is 2.16. The van der Waals surface area contributed by atoms with Gasteiger partial charge in [-0.2, -0.15) is 0 Å². The molecule has 2 rings (SSSR count). The largest absolute Gasteiger partial charge is 0.328 e. The monoisotopic (exact) mass is 268 g/mol. The number of hydrogen-bond donors (Lipinski definition) is 0. The quantitative estimate of drug-likeness (QED) is 0.807. The first-order valence-corrected chi connectivity index (χ1v) is 6.64. The molecule has 0 aromatic heterocycles. The molecule has 0 atom stereocenters. The molecule has 20 heavy (non-hydrogen) atoms. The van der Waals surface area contributed by atoms with Gasteiger partial charge in [-0.15, -0.1) is 0 Å². The van der Waals surface area contributed by atoms with E-state index in [0.717, 1.165) is 11.4 Å². The van der Waals surface area contributed by atoms with E-state index in [1.807, 2.05) is 62.4 Å². The maximum atomic E-state index is 12.5. The Kier molecular flexibility index (Phi) is 4.08. The third-order valence-electron chi connectivity index (χ3n) is 3.42. The van der Waals surface area contributed by atoms with E-state index in [1.54, 1.807) is 23.9 Å². The number of aryl methyl sites for hydroxylation is 2. The lowest BCUT2D eigenvalue weighted by molar-refractivity contribution is 0.253. The third-order valence-corrected chi connectivity index (χ3v) is 3.42. The van der Waals surface area contributed by atoms with E-state index >= 15 is 0 Å². The lowest BCUT2D eigenvalue weighted by Gasteiger charge is -2.25. The molecule has 104 valence electrons. The SMILES string of the molecule is Cc1ccc(N(C)C(=O)N(C)c2ccc(C)cc2)cc1. The molecule has 0 spiro atoms. The van der Waals surface area contributed by atoms with Crippen LogP contribution in [0.3, 0.4) is 0 Å². The zero-order valence-electron chi connectivity index (χ0n) is 12.4. The van der Waals surface area contributed by atoms with Gasteiger partial charge >= 0.3 is 6.03 Å². The van der Waals surface area contributed by atoms with Gasteiger partial charge in [-0.25, -0.2) is 4.79 Å². The van der Waals surface area contributed by atoms with Gasteiger partial charge in [-0.3, -0.25) is 9.80 Å². The normalized spacial score (nSPS) is 10.2. The van der Waals surface area contributed by atoms with Crippen LogP contribution in [-0.2, 0) is 0 Å². The second-order valence-electron chi connectivity index (χ2n) is 5.07. The maximum Gasteiger partial charge on any atom is 0.328 e. The summed E-state index contributed by atoms with van der Waals surface area (Å²) in [6.07, 6.45) is 0. The van der Waals surface area contributed by atoms with Gasteiger partial charge in [0.15, 0.2) is 0 Å². The van der Waals surface area contributed by atoms with Crippen molar-refractivity contribution in [3.63, 3.8) is 0 Å². The number of carbonyl (C=O) groups excluding carboxylic acids is 1. The smallest absolute Gasteiger partial charge is 0.297 e. The molecular weight excluding hydrogens is 248 g/mol. The Labute approximate surface area is 120 Å². The van der Waals surface area contributed by atoms with Crippen LogP contribution in [0.2, 0.25) is 0 Å². The van der Waals surface area contributed by atoms with Crippen LogP contribution in [0.25, 0.3) is 0 Å². The van der Waals surface area contributed by atoms with Crippen LogP contribution in [0.1, 0.15) is 11.1 Å². The minimum atomic E-state index is -0.0577. The van der Waals surface area contributed by atoms with Gasteiger partial charge in [0.25, 0.3) is 0 Å². The van der Waals surface area contributed by atoms with Gasteiger partial charge in [0.05, 0.1) is 0 Å². The second kappa shape index (κ2) is 5.78. The van der Waals surface area contributed by atoms with Gasteiger partial charge in [-0.1, -0.05) is 35.4 Å². The van der Waals surface area contributed by atoms with Crippen molar-refractivity contribution in [3.05, 3.63) is 59.7 Å². The van der Waals surface area contributed by atoms with E-state index in [4.69, 9.17) is 0 Å². The fourth-order valence-corrected chi connectivity index (χ4v) is 1.98. The Morgan fingerprint density at radius 2 is 1.00 bits per heavy atom. The number of rotatable bonds is 2. The summed E-state index contributed by atoms with van der Waals surface area (Å²) in [6, 6.07) is 15.8. The van der Waals surface area contributed by atoms with Crippen molar-refractivity contribution < 1.29 is 4.79 Å². The Hall–Kier alpha value is -2.29. The summed E-state index contributed by atoms with van der Waals surface area (Å²) in [5, 5.41) is 0. The summed E-state index contributed by atoms with van der Waals surface area (Å²) >= 11 is 0. The first-order valence-electron chi connectivity index (χ1n) is 6.64. The Morgan fingerprint density at radius 1 is 0.700 bits per heavy atom. The summed E-state index contributed by atoms with van der Waals surface area (Å²) < 4.78 is 0. The van der Waals surface area contributed by atoms with Crippen LogP contribution in [0.15, 0.2) is 48.5 Å². The fraction of sp³-hybridized carbons (Fsp3) is 0.235. The van der Waals surface area contributed by atoms with Crippen molar-refractivity contribution in [2.45, 2.75) is 13.8 Å². The van der Waals surface area contributed by atoms with Crippen molar-refractivity contribution in [2.24, 2.45) is 0 Å². The van der Waals surface area contributed by atoms with E-state index in [2.05, 4.69) is 0 Å². The molecule has 0 aliphatic carbocycles. The van der Waals surface area contributed by atoms with Crippen LogP contribution >= 0.6 is 0 Å². The highest BCUT2D eigenvalue weighted by molar-refractivity contribution is 6.02. The van der Waals surface area contributed by atoms with Crippen molar-refractivity contribution in [1.82, 2.24) is 0 Å². The van der Waals surface area contributed by atoms with Gasteiger partial charge in [0, 0.05) is 25.5 Å². The molecule has 0 radical (unpaired) electrons. The van der Waals surface area contributed by atoms with E-state index in [-0.39, 0.29) is 6.03 Å². The number of carbonyl (C=O) groups is 1. The van der Waals surface area contributed by atoms with Crippen molar-refractivity contribution in [1.29, 1.82) is 0 Å². The van der Waals surface area contributed by atoms with Crippen molar-refractivity contribution in [2.75, 3.05) is 23.9 Å². The summed E-state index contributed by atoms with van der Waals surface area (Å²) in [5.74, 6) is 0. The summed E-state index contributed by atoms with van der Waals surface area (Å²) in [4.78, 5) is 15.8. The standard InChI is InChI=1S/C17H20N2O/c1-13-5-9-15(10-6-13)18(3)17(20)19(4)16-11-7-14(2)8-12-16/h5-12H,1-4H3. The maximum absolute atomic E-state index is 12.5. The molecule has 0 heterocycles. The first kappa shape index (κ1) is 14.1. The zero-order chi connectivity index (χ0) is 14.7. The number of anilines is 2. The van der Waals surface area contributed by atoms with E-state index in [1.165, 1.54) is 11.1 Å². The number of hydrogen-bond acceptors (Lipinski definition) is 1. The predicted molar refractivity (Wildman–Crippen MR) is 84.6 cm³/mol. The molecule has 3 heteroatoms. The van der Waals surface area contributed by atoms with Gasteiger partial charge in [0.2, 0.25) is 0 Å². The zero-order valence-corrected chi connectivity index (χ0v) is 12.4. The summed E-state index contributed by atoms with van der Waals surface area (Å²) in [7, 11) is 3.58. The molecule has 0 bridgehead atoms. The fourth-order valence-electron chi connectivity index (χ4n) is 1.98. The Bertz CT molecular complexity index is 534. The highest BCUT2D eigenvalue weighted by Crippen LogP contribution is 2.19. The molecule has 0 unspecified atom stereocenters. The molecule has 2 amide bonds. The van der Waals surface area contributed by atoms with Gasteiger partial charge in [0.1, 0.15) is 0 Å². The van der Waals surface area contributed by atoms with Crippen LogP contribution in [-0.4, -0.2) is 20.1 Å². The first-order chi connectivity index (χ1) is 9.49. The van der Waals surface area contributed by atoms with Crippen LogP contribution in [0.5, 0.6) is 0 Å². The highest BCUT2D eigenvalue weighted by atomic mass is 16.2. The lowest BCUT2D eigenvalue weighted by Crippen LogP contribution is -2.38. The molecule has 0 saturated heterocycles. The topological polar surface area (TPSA) is 23.6 Å². The van der Waals surface area contributed by atoms with Crippen LogP contribution < -0.4 is 9.80 Å². The number of urea groups is 1. The summed E-state index contributed by atoms with van der Waals surface area (Å²) in [5.41, 5.74) is 4.14. The Balaban J connectivity index is 2.17. The number of nitrogens with zero attached hydrogens (tertiary/aromatic N) is 2. The van der Waals surface area contributed by atoms with E-state index < -0.39 is 0 Å². The van der Waals surface area contributed by atoms with Crippen LogP contribution in [0, 0.1) is 13.8 Å². The number of benzene rings is 2. The molecule has 0 aliphatic heterocycles. The average molecular weight is 268 g/mol. The molecule has 3 nitrogen and oxygen atoms in total. The van der Waals surface area contributed by atoms with Gasteiger partial charge < -0.3 is 0 Å². The molecule has 0 saturated carbocycles. The van der Waals surface area contributed by atoms with E-state index in [9.17, 15) is 4.79 Å². The van der Waals surface area contributed by atoms with E-state index in [0.29, 0.717) is 0 Å². The summed E-state index contributed by atoms with van der Waals surface area (Å²) in [6.45, 7) is 4.06. The molecule has 0 fully saturated rings. The van der Waals surface area contributed by atoms with Crippen molar-refractivity contribution in [3.8, 4) is 0 Å². The third kappa shape index (κ3) is 2.99. The van der Waals surface area contributed by atoms with Crippen molar-refractivity contribution >= 4 is 17.4 Å². The molecular formula is C17H20N2O. The molecule has 0 aliphatic rings. The number of amides is 2. The predicted octanol–water partition coefficient (Wildman–Crippen LogP) is 4.00. The Morgan fingerprint density at radius 3 is 1.30 bits per heavy atom. The molecule has 2 aromatic carbocycles. The average Bonchev–Trinajstić information content (AvgIpc) is 2.46. The minimum Gasteiger partial charge on any atom is -0.297 e. The second-order valence-corrected chi connectivity index (χ2v) is 5.07. The molecule has 0 N–H and O–H groups in total. The molecule has 2 aromatic rings.